The van der Waals surface area contributed by atoms with E-state index >= 15 is 0 Å². The van der Waals surface area contributed by atoms with Crippen LogP contribution in [0, 0.1) is 6.92 Å². The molecule has 0 aliphatic carbocycles. The Kier molecular flexibility index (Phi) is 1.48. The summed E-state index contributed by atoms with van der Waals surface area (Å²) in [4.78, 5) is 14.6. The van der Waals surface area contributed by atoms with Crippen molar-refractivity contribution in [2.75, 3.05) is 0 Å². The van der Waals surface area contributed by atoms with Gasteiger partial charge in [-0.25, -0.2) is 4.52 Å². The van der Waals surface area contributed by atoms with Gasteiger partial charge in [-0.05, 0) is 24.6 Å². The van der Waals surface area contributed by atoms with E-state index in [1.807, 2.05) is 25.1 Å². The molecule has 0 spiro atoms. The summed E-state index contributed by atoms with van der Waals surface area (Å²) in [6, 6.07) is 7.57. The average Bonchev–Trinajstić information content (AvgIpc) is 2.69. The van der Waals surface area contributed by atoms with E-state index in [1.165, 1.54) is 0 Å². The molecule has 3 aromatic rings. The van der Waals surface area contributed by atoms with Gasteiger partial charge in [0, 0.05) is 0 Å². The zero-order chi connectivity index (χ0) is 10.4. The van der Waals surface area contributed by atoms with Crippen LogP contribution < -0.4 is 5.56 Å². The lowest BCUT2D eigenvalue weighted by Crippen LogP contribution is -2.10. The van der Waals surface area contributed by atoms with Gasteiger partial charge >= 0.3 is 0 Å². The van der Waals surface area contributed by atoms with Crippen LogP contribution in [-0.4, -0.2) is 14.6 Å². The highest BCUT2D eigenvalue weighted by atomic mass is 16.1. The first-order valence-corrected chi connectivity index (χ1v) is 4.73. The van der Waals surface area contributed by atoms with Gasteiger partial charge in [0.15, 0.2) is 0 Å². The van der Waals surface area contributed by atoms with Gasteiger partial charge in [-0.2, -0.15) is 5.10 Å². The Hall–Kier alpha value is -2.10. The maximum absolute atomic E-state index is 11.7. The molecule has 4 heteroatoms. The van der Waals surface area contributed by atoms with Crippen LogP contribution in [0.3, 0.4) is 0 Å². The molecule has 2 heterocycles. The Morgan fingerprint density at radius 3 is 3.00 bits per heavy atom. The molecule has 0 fully saturated rings. The van der Waals surface area contributed by atoms with Gasteiger partial charge in [0.05, 0.1) is 17.2 Å². The summed E-state index contributed by atoms with van der Waals surface area (Å²) in [6.45, 7) is 1.97. The second-order valence-electron chi connectivity index (χ2n) is 3.55. The summed E-state index contributed by atoms with van der Waals surface area (Å²) in [5.74, 6) is 0. The van der Waals surface area contributed by atoms with E-state index in [1.54, 1.807) is 16.8 Å². The van der Waals surface area contributed by atoms with Gasteiger partial charge in [0.25, 0.3) is 5.56 Å². The smallest absolute Gasteiger partial charge is 0.274 e. The Morgan fingerprint density at radius 2 is 2.13 bits per heavy atom. The molecule has 0 unspecified atom stereocenters. The number of hydrogen-bond donors (Lipinski definition) is 1. The van der Waals surface area contributed by atoms with Crippen LogP contribution in [0.15, 0.2) is 35.3 Å². The number of hydrogen-bond acceptors (Lipinski definition) is 2. The van der Waals surface area contributed by atoms with Crippen LogP contribution in [0.5, 0.6) is 0 Å². The molecule has 0 aliphatic rings. The van der Waals surface area contributed by atoms with Crippen LogP contribution in [0.1, 0.15) is 5.56 Å². The van der Waals surface area contributed by atoms with Gasteiger partial charge in [0.1, 0.15) is 5.52 Å². The van der Waals surface area contributed by atoms with Crippen molar-refractivity contribution >= 4 is 16.6 Å². The molecule has 0 saturated heterocycles. The lowest BCUT2D eigenvalue weighted by atomic mass is 10.2. The first-order chi connectivity index (χ1) is 7.27. The molecule has 3 rings (SSSR count). The highest BCUT2D eigenvalue weighted by Gasteiger charge is 2.05. The molecular weight excluding hydrogens is 190 g/mol. The number of para-hydroxylation sites is 1. The summed E-state index contributed by atoms with van der Waals surface area (Å²) in [7, 11) is 0. The van der Waals surface area contributed by atoms with Crippen molar-refractivity contribution in [3.05, 3.63) is 46.4 Å². The lowest BCUT2D eigenvalue weighted by molar-refractivity contribution is 0.985. The Balaban J connectivity index is 2.72. The molecule has 74 valence electrons. The minimum absolute atomic E-state index is 0.102. The third-order valence-electron chi connectivity index (χ3n) is 2.59. The van der Waals surface area contributed by atoms with Gasteiger partial charge in [-0.15, -0.1) is 0 Å². The molecule has 1 N–H and O–H groups in total. The van der Waals surface area contributed by atoms with Gasteiger partial charge in [0.2, 0.25) is 0 Å². The van der Waals surface area contributed by atoms with E-state index in [9.17, 15) is 4.79 Å². The van der Waals surface area contributed by atoms with Crippen molar-refractivity contribution in [1.82, 2.24) is 14.6 Å². The van der Waals surface area contributed by atoms with E-state index < -0.39 is 0 Å². The first kappa shape index (κ1) is 8.23. The quantitative estimate of drug-likeness (QED) is 0.596. The number of H-pyrrole nitrogens is 1. The molecule has 0 amide bonds. The van der Waals surface area contributed by atoms with Crippen molar-refractivity contribution < 1.29 is 0 Å². The highest BCUT2D eigenvalue weighted by Crippen LogP contribution is 2.14. The molecule has 0 saturated carbocycles. The minimum Gasteiger partial charge on any atom is -0.319 e. The zero-order valence-electron chi connectivity index (χ0n) is 8.19. The maximum Gasteiger partial charge on any atom is 0.274 e. The third-order valence-corrected chi connectivity index (χ3v) is 2.59. The third kappa shape index (κ3) is 1.01. The summed E-state index contributed by atoms with van der Waals surface area (Å²) in [6.07, 6.45) is 1.63. The number of benzene rings is 1. The second-order valence-corrected chi connectivity index (χ2v) is 3.55. The largest absolute Gasteiger partial charge is 0.319 e. The predicted octanol–water partition coefficient (Wildman–Crippen LogP) is 1.48. The average molecular weight is 199 g/mol. The number of nitrogens with one attached hydrogen (secondary N) is 1. The minimum atomic E-state index is -0.102. The number of nitrogens with zero attached hydrogens (tertiary/aromatic N) is 2. The van der Waals surface area contributed by atoms with Crippen molar-refractivity contribution in [3.8, 4) is 0 Å². The number of rotatable bonds is 0. The molecule has 0 atom stereocenters. The van der Waals surface area contributed by atoms with Crippen LogP contribution in [0.4, 0.5) is 0 Å². The van der Waals surface area contributed by atoms with Crippen molar-refractivity contribution in [2.45, 2.75) is 6.92 Å². The van der Waals surface area contributed by atoms with Gasteiger partial charge in [-0.3, -0.25) is 4.79 Å². The Bertz CT molecular complexity index is 708. The van der Waals surface area contributed by atoms with Crippen molar-refractivity contribution in [1.29, 1.82) is 0 Å². The van der Waals surface area contributed by atoms with Crippen LogP contribution in [-0.2, 0) is 0 Å². The molecule has 0 radical (unpaired) electrons. The SMILES string of the molecule is Cc1cccc2c1[nH]c(=O)c1ccnn12. The summed E-state index contributed by atoms with van der Waals surface area (Å²) < 4.78 is 1.67. The Morgan fingerprint density at radius 1 is 1.27 bits per heavy atom. The van der Waals surface area contributed by atoms with E-state index in [-0.39, 0.29) is 5.56 Å². The lowest BCUT2D eigenvalue weighted by Gasteiger charge is -2.03. The Labute approximate surface area is 85.2 Å². The van der Waals surface area contributed by atoms with Crippen LogP contribution >= 0.6 is 0 Å². The van der Waals surface area contributed by atoms with E-state index in [4.69, 9.17) is 0 Å². The second kappa shape index (κ2) is 2.70. The molecule has 15 heavy (non-hydrogen) atoms. The zero-order valence-corrected chi connectivity index (χ0v) is 8.19. The molecule has 2 aromatic heterocycles. The van der Waals surface area contributed by atoms with E-state index in [0.717, 1.165) is 16.6 Å². The predicted molar refractivity (Wildman–Crippen MR) is 58.1 cm³/mol. The fourth-order valence-electron chi connectivity index (χ4n) is 1.84. The summed E-state index contributed by atoms with van der Waals surface area (Å²) >= 11 is 0. The molecule has 1 aromatic carbocycles. The number of aryl methyl sites for hydroxylation is 1. The van der Waals surface area contributed by atoms with E-state index in [0.29, 0.717) is 5.52 Å². The monoisotopic (exact) mass is 199 g/mol. The van der Waals surface area contributed by atoms with Crippen LogP contribution in [0.25, 0.3) is 16.6 Å². The summed E-state index contributed by atoms with van der Waals surface area (Å²) in [5.41, 5.74) is 3.29. The molecule has 0 aliphatic heterocycles. The van der Waals surface area contributed by atoms with E-state index in [2.05, 4.69) is 10.1 Å². The van der Waals surface area contributed by atoms with Gasteiger partial charge in [-0.1, -0.05) is 12.1 Å². The maximum atomic E-state index is 11.7. The number of aromatic amines is 1. The fourth-order valence-corrected chi connectivity index (χ4v) is 1.84. The first-order valence-electron chi connectivity index (χ1n) is 4.73. The standard InChI is InChI=1S/C11H9N3O/c1-7-3-2-4-8-10(7)13-11(15)9-5-6-12-14(8)9/h2-6H,1H3,(H,13,15). The van der Waals surface area contributed by atoms with Gasteiger partial charge < -0.3 is 4.98 Å². The normalized spacial score (nSPS) is 11.3. The molecular formula is C11H9N3O. The topological polar surface area (TPSA) is 50.2 Å². The molecule has 0 bridgehead atoms. The van der Waals surface area contributed by atoms with Crippen molar-refractivity contribution in [2.24, 2.45) is 0 Å². The fraction of sp³-hybridized carbons (Fsp3) is 0.0909. The van der Waals surface area contributed by atoms with Crippen LogP contribution in [0.2, 0.25) is 0 Å². The van der Waals surface area contributed by atoms with Crippen molar-refractivity contribution in [3.63, 3.8) is 0 Å². The highest BCUT2D eigenvalue weighted by molar-refractivity contribution is 5.80. The molecule has 4 nitrogen and oxygen atoms in total. The number of fused-ring (bicyclic) bond motifs is 3. The number of aromatic nitrogens is 3. The summed E-state index contributed by atoms with van der Waals surface area (Å²) in [5, 5.41) is 4.15.